The zero-order valence-electron chi connectivity index (χ0n) is 32.6. The van der Waals surface area contributed by atoms with Gasteiger partial charge in [-0.1, -0.05) is 54.6 Å². The lowest BCUT2D eigenvalue weighted by Crippen LogP contribution is -2.24. The molecular formula is C55H34O4. The molecule has 4 nitrogen and oxygen atoms in total. The van der Waals surface area contributed by atoms with Crippen molar-refractivity contribution >= 4 is 125 Å². The van der Waals surface area contributed by atoms with E-state index < -0.39 is 0 Å². The summed E-state index contributed by atoms with van der Waals surface area (Å²) >= 11 is 0. The zero-order chi connectivity index (χ0) is 39.7. The van der Waals surface area contributed by atoms with Crippen LogP contribution < -0.4 is 0 Å². The van der Waals surface area contributed by atoms with Gasteiger partial charge in [-0.25, -0.2) is 0 Å². The molecule has 0 N–H and O–H groups in total. The zero-order valence-corrected chi connectivity index (χ0v) is 32.6. The number of hydrogen-bond acceptors (Lipinski definition) is 4. The Labute approximate surface area is 338 Å². The minimum absolute atomic E-state index is 0.0614. The van der Waals surface area contributed by atoms with Crippen LogP contribution in [-0.4, -0.2) is 25.8 Å². The summed E-state index contributed by atoms with van der Waals surface area (Å²) < 4.78 is 10.7. The average molecular weight is 759 g/mol. The third-order valence-electron chi connectivity index (χ3n) is 12.7. The van der Waals surface area contributed by atoms with Crippen molar-refractivity contribution in [1.29, 1.82) is 0 Å². The van der Waals surface area contributed by atoms with Crippen LogP contribution in [0.2, 0.25) is 0 Å². The minimum Gasteiger partial charge on any atom is -0.489 e. The first kappa shape index (κ1) is 33.6. The highest BCUT2D eigenvalue weighted by Crippen LogP contribution is 2.40. The van der Waals surface area contributed by atoms with E-state index in [1.54, 1.807) is 6.92 Å². The molecule has 4 heteroatoms. The number of allylic oxidation sites excluding steroid dienone is 2. The summed E-state index contributed by atoms with van der Waals surface area (Å²) in [5, 5.41) is 23.6. The monoisotopic (exact) mass is 758 g/mol. The molecule has 0 atom stereocenters. The van der Waals surface area contributed by atoms with Crippen LogP contribution in [0.15, 0.2) is 169 Å². The Morgan fingerprint density at radius 2 is 0.644 bits per heavy atom. The molecule has 278 valence electrons. The molecule has 0 fully saturated rings. The van der Waals surface area contributed by atoms with E-state index in [4.69, 9.17) is 9.47 Å². The van der Waals surface area contributed by atoms with Gasteiger partial charge in [0, 0.05) is 11.1 Å². The fourth-order valence-corrected chi connectivity index (χ4v) is 9.72. The molecule has 0 heterocycles. The summed E-state index contributed by atoms with van der Waals surface area (Å²) in [5.41, 5.74) is 1.38. The van der Waals surface area contributed by atoms with Gasteiger partial charge in [-0.05, 0) is 217 Å². The number of rotatable bonds is 3. The summed E-state index contributed by atoms with van der Waals surface area (Å²) in [5.74, 6) is -0.839. The summed E-state index contributed by atoms with van der Waals surface area (Å²) in [4.78, 5) is 27.1. The molecule has 0 saturated carbocycles. The molecule has 1 aliphatic carbocycles. The Balaban J connectivity index is 1.01. The van der Waals surface area contributed by atoms with Crippen molar-refractivity contribution in [2.45, 2.75) is 6.92 Å². The van der Waals surface area contributed by atoms with Gasteiger partial charge in [0.25, 0.3) is 0 Å². The molecule has 0 aliphatic heterocycles. The van der Waals surface area contributed by atoms with Crippen LogP contribution in [0.25, 0.3) is 113 Å². The van der Waals surface area contributed by atoms with E-state index in [2.05, 4.69) is 133 Å². The van der Waals surface area contributed by atoms with Crippen molar-refractivity contribution in [1.82, 2.24) is 0 Å². The lowest BCUT2D eigenvalue weighted by Gasteiger charge is -2.21. The smallest absolute Gasteiger partial charge is 0.232 e. The molecule has 11 aromatic rings. The first-order chi connectivity index (χ1) is 28.8. The second-order valence-corrected chi connectivity index (χ2v) is 16.0. The number of Topliss-reactive ketones (excluding diaryl/α,β-unsaturated/α-hetero) is 2. The molecule has 0 radical (unpaired) electrons. The van der Waals surface area contributed by atoms with Gasteiger partial charge in [-0.2, -0.15) is 0 Å². The predicted molar refractivity (Wildman–Crippen MR) is 245 cm³/mol. The highest BCUT2D eigenvalue weighted by molar-refractivity contribution is 6.39. The van der Waals surface area contributed by atoms with Gasteiger partial charge in [0.2, 0.25) is 23.1 Å². The number of hydrogen-bond donors (Lipinski definition) is 0. The summed E-state index contributed by atoms with van der Waals surface area (Å²) in [6, 6.07) is 55.6. The Morgan fingerprint density at radius 1 is 0.322 bits per heavy atom. The number of methoxy groups -OCH3 is 2. The fourth-order valence-electron chi connectivity index (χ4n) is 9.72. The maximum absolute atomic E-state index is 13.8. The minimum atomic E-state index is -0.359. The van der Waals surface area contributed by atoms with Crippen molar-refractivity contribution < 1.29 is 19.1 Å². The number of fused-ring (bicyclic) bond motifs is 11. The highest BCUT2D eigenvalue weighted by Gasteiger charge is 2.36. The fraction of sp³-hybridized carbons (Fsp3) is 0.0545. The predicted octanol–water partition coefficient (Wildman–Crippen LogP) is 13.6. The number of ether oxygens (including phenoxy) is 2. The number of ketones is 2. The van der Waals surface area contributed by atoms with Gasteiger partial charge in [0.05, 0.1) is 14.2 Å². The first-order valence-electron chi connectivity index (χ1n) is 19.9. The lowest BCUT2D eigenvalue weighted by atomic mass is 9.85. The van der Waals surface area contributed by atoms with E-state index in [0.717, 1.165) is 32.3 Å². The Kier molecular flexibility index (Phi) is 6.95. The van der Waals surface area contributed by atoms with Gasteiger partial charge in [-0.3, -0.25) is 9.59 Å². The molecule has 0 spiro atoms. The van der Waals surface area contributed by atoms with Gasteiger partial charge in [-0.15, -0.1) is 0 Å². The van der Waals surface area contributed by atoms with Gasteiger partial charge in [0.15, 0.2) is 0 Å². The van der Waals surface area contributed by atoms with Crippen molar-refractivity contribution in [3.8, 4) is 0 Å². The molecule has 0 saturated heterocycles. The van der Waals surface area contributed by atoms with Gasteiger partial charge < -0.3 is 9.47 Å². The van der Waals surface area contributed by atoms with E-state index in [1.807, 2.05) is 18.2 Å². The van der Waals surface area contributed by atoms with E-state index in [0.29, 0.717) is 16.7 Å². The van der Waals surface area contributed by atoms with Crippen LogP contribution in [0.5, 0.6) is 0 Å². The quantitative estimate of drug-likeness (QED) is 0.102. The van der Waals surface area contributed by atoms with Gasteiger partial charge >= 0.3 is 0 Å². The van der Waals surface area contributed by atoms with E-state index >= 15 is 0 Å². The second kappa shape index (κ2) is 12.2. The Hall–Kier alpha value is -7.56. The van der Waals surface area contributed by atoms with Crippen molar-refractivity contribution in [3.05, 3.63) is 174 Å². The van der Waals surface area contributed by atoms with Crippen LogP contribution in [0, 0.1) is 0 Å². The maximum Gasteiger partial charge on any atom is 0.232 e. The molecule has 12 rings (SSSR count). The van der Waals surface area contributed by atoms with Crippen LogP contribution in [0.3, 0.4) is 0 Å². The topological polar surface area (TPSA) is 52.6 Å². The van der Waals surface area contributed by atoms with Gasteiger partial charge in [0.1, 0.15) is 0 Å². The normalized spacial score (nSPS) is 13.9. The highest BCUT2D eigenvalue weighted by atomic mass is 16.5. The molecule has 1 aliphatic rings. The van der Waals surface area contributed by atoms with Crippen LogP contribution >= 0.6 is 0 Å². The molecule has 0 bridgehead atoms. The van der Waals surface area contributed by atoms with Crippen LogP contribution in [-0.2, 0) is 19.1 Å². The van der Waals surface area contributed by atoms with E-state index in [1.165, 1.54) is 89.6 Å². The maximum atomic E-state index is 13.8. The molecule has 59 heavy (non-hydrogen) atoms. The SMILES string of the molecule is COC1=C(OC)C(=O)C(c2cccc3cc4cc5cc6cc7ccc8cc9cc%10cc%11cc%12ccccc%12cc%11cc%10cc9cc8c7cc6cc5cc4cc23)=C(C)C1=O. The van der Waals surface area contributed by atoms with Crippen molar-refractivity contribution in [2.24, 2.45) is 0 Å². The average Bonchev–Trinajstić information content (AvgIpc) is 3.24. The number of carbonyl (C=O) groups is 2. The number of benzene rings is 11. The summed E-state index contributed by atoms with van der Waals surface area (Å²) in [6.45, 7) is 1.68. The largest absolute Gasteiger partial charge is 0.489 e. The van der Waals surface area contributed by atoms with E-state index in [9.17, 15) is 9.59 Å². The van der Waals surface area contributed by atoms with Crippen molar-refractivity contribution in [2.75, 3.05) is 14.2 Å². The molecule has 0 aromatic heterocycles. The summed E-state index contributed by atoms with van der Waals surface area (Å²) in [6.07, 6.45) is 0. The Bertz CT molecular complexity index is 3850. The molecule has 0 amide bonds. The second-order valence-electron chi connectivity index (χ2n) is 16.0. The first-order valence-corrected chi connectivity index (χ1v) is 19.9. The molecule has 0 unspecified atom stereocenters. The Morgan fingerprint density at radius 3 is 1.07 bits per heavy atom. The lowest BCUT2D eigenvalue weighted by molar-refractivity contribution is -0.119. The van der Waals surface area contributed by atoms with Crippen LogP contribution in [0.1, 0.15) is 12.5 Å². The molecule has 11 aromatic carbocycles. The third-order valence-corrected chi connectivity index (χ3v) is 12.7. The van der Waals surface area contributed by atoms with Crippen molar-refractivity contribution in [3.63, 3.8) is 0 Å². The third kappa shape index (κ3) is 4.96. The van der Waals surface area contributed by atoms with Crippen LogP contribution in [0.4, 0.5) is 0 Å². The molecular weight excluding hydrogens is 725 g/mol. The standard InChI is InChI=1S/C55H34O4/c1-29-51(53(57)55(59-3)54(58-2)52(29)56)47-10-6-9-32-15-37-20-41-22-39-17-34-12-11-33-16-38-21-40-18-35-13-30-7-4-5-8-31(30)14-36(35)19-42(40)23-45(38)27-49(33)50(34)28-46(39)25-43(41)24-44(37)26-48(32)47/h4-28H,1-3H3. The summed E-state index contributed by atoms with van der Waals surface area (Å²) in [7, 11) is 2.77. The van der Waals surface area contributed by atoms with E-state index in [-0.39, 0.29) is 23.1 Å². The number of carbonyl (C=O) groups excluding carboxylic acids is 2.